The fourth-order valence-electron chi connectivity index (χ4n) is 4.40. The first kappa shape index (κ1) is 27.5. The molecule has 5 nitrogen and oxygen atoms in total. The lowest BCUT2D eigenvalue weighted by atomic mass is 10.1. The quantitative estimate of drug-likeness (QED) is 0.229. The second-order valence-electron chi connectivity index (χ2n) is 9.68. The summed E-state index contributed by atoms with van der Waals surface area (Å²) in [4.78, 5) is 29.1. The first-order valence-corrected chi connectivity index (χ1v) is 14.5. The molecule has 3 rings (SSSR count). The molecule has 0 radical (unpaired) electrons. The zero-order valence-electron chi connectivity index (χ0n) is 21.3. The Labute approximate surface area is 218 Å². The summed E-state index contributed by atoms with van der Waals surface area (Å²) in [7, 11) is 0. The van der Waals surface area contributed by atoms with Crippen LogP contribution in [0.25, 0.3) is 0 Å². The van der Waals surface area contributed by atoms with Crippen molar-refractivity contribution in [2.45, 2.75) is 86.3 Å². The van der Waals surface area contributed by atoms with Gasteiger partial charge in [0, 0.05) is 28.1 Å². The van der Waals surface area contributed by atoms with Crippen molar-refractivity contribution in [1.82, 2.24) is 4.90 Å². The third kappa shape index (κ3) is 7.68. The Morgan fingerprint density at radius 1 is 1.00 bits per heavy atom. The van der Waals surface area contributed by atoms with Gasteiger partial charge in [0.05, 0.1) is 0 Å². The van der Waals surface area contributed by atoms with Gasteiger partial charge in [0.1, 0.15) is 4.75 Å². The second kappa shape index (κ2) is 12.7. The Morgan fingerprint density at radius 3 is 2.31 bits per heavy atom. The molecule has 1 aliphatic rings. The van der Waals surface area contributed by atoms with Gasteiger partial charge in [-0.3, -0.25) is 4.79 Å². The van der Waals surface area contributed by atoms with Crippen molar-refractivity contribution in [3.8, 4) is 0 Å². The lowest BCUT2D eigenvalue weighted by molar-refractivity contribution is -0.138. The van der Waals surface area contributed by atoms with Crippen LogP contribution in [0.1, 0.15) is 64.0 Å². The number of anilines is 1. The Bertz CT molecular complexity index is 1010. The predicted molar refractivity (Wildman–Crippen MR) is 148 cm³/mol. The number of hydrogen-bond acceptors (Lipinski definition) is 4. The van der Waals surface area contributed by atoms with Gasteiger partial charge in [-0.05, 0) is 86.9 Å². The Balaban J connectivity index is 1.71. The second-order valence-corrected chi connectivity index (χ2v) is 12.3. The molecule has 1 unspecified atom stereocenters. The molecule has 2 aromatic carbocycles. The predicted octanol–water partition coefficient (Wildman–Crippen LogP) is 7.34. The van der Waals surface area contributed by atoms with E-state index < -0.39 is 10.7 Å². The van der Waals surface area contributed by atoms with E-state index in [1.54, 1.807) is 25.6 Å². The number of rotatable bonds is 12. The average molecular weight is 515 g/mol. The molecule has 7 heteroatoms. The van der Waals surface area contributed by atoms with Crippen LogP contribution in [-0.2, 0) is 17.6 Å². The number of carbonyl (C=O) groups is 2. The summed E-state index contributed by atoms with van der Waals surface area (Å²) in [6, 6.07) is 14.3. The number of nitrogens with one attached hydrogen (secondary N) is 1. The molecule has 0 spiro atoms. The number of thioether (sulfide) groups is 2. The summed E-state index contributed by atoms with van der Waals surface area (Å²) in [5, 5.41) is 12.6. The monoisotopic (exact) mass is 514 g/mol. The molecule has 2 N–H and O–H groups in total. The zero-order chi connectivity index (χ0) is 25.4. The summed E-state index contributed by atoms with van der Waals surface area (Å²) < 4.78 is -0.886. The zero-order valence-corrected chi connectivity index (χ0v) is 22.9. The smallest absolute Gasteiger partial charge is 0.322 e. The van der Waals surface area contributed by atoms with Gasteiger partial charge < -0.3 is 15.3 Å². The van der Waals surface area contributed by atoms with Crippen molar-refractivity contribution in [2.75, 3.05) is 18.1 Å². The highest BCUT2D eigenvalue weighted by Crippen LogP contribution is 2.36. The van der Waals surface area contributed by atoms with E-state index in [9.17, 15) is 14.7 Å². The van der Waals surface area contributed by atoms with Crippen LogP contribution < -0.4 is 5.32 Å². The molecule has 0 saturated heterocycles. The van der Waals surface area contributed by atoms with Crippen LogP contribution >= 0.6 is 23.5 Å². The molecule has 2 aromatic rings. The Kier molecular flexibility index (Phi) is 9.99. The topological polar surface area (TPSA) is 69.6 Å². The maximum absolute atomic E-state index is 13.4. The first-order chi connectivity index (χ1) is 16.7. The van der Waals surface area contributed by atoms with Gasteiger partial charge in [-0.15, -0.1) is 23.5 Å². The number of nitrogens with zero attached hydrogens (tertiary/aromatic N) is 1. The van der Waals surface area contributed by atoms with Crippen LogP contribution in [0.15, 0.2) is 52.3 Å². The van der Waals surface area contributed by atoms with Gasteiger partial charge >= 0.3 is 12.0 Å². The molecule has 0 fully saturated rings. The van der Waals surface area contributed by atoms with Crippen LogP contribution in [0, 0.1) is 0 Å². The number of benzene rings is 2. The van der Waals surface area contributed by atoms with E-state index >= 15 is 0 Å². The highest BCUT2D eigenvalue weighted by Gasteiger charge is 2.32. The maximum atomic E-state index is 13.4. The van der Waals surface area contributed by atoms with E-state index in [1.165, 1.54) is 47.0 Å². The normalized spacial score (nSPS) is 15.0. The number of carboxylic acid groups (broad SMARTS) is 1. The number of fused-ring (bicyclic) bond motifs is 1. The number of carboxylic acids is 1. The molecule has 0 bridgehead atoms. The van der Waals surface area contributed by atoms with Crippen LogP contribution in [0.3, 0.4) is 0 Å². The number of urea groups is 1. The molecule has 1 aliphatic carbocycles. The Hall–Kier alpha value is -2.12. The lowest BCUT2D eigenvalue weighted by Gasteiger charge is -2.29. The number of unbranched alkanes of at least 4 members (excludes halogenated alkanes) is 4. The van der Waals surface area contributed by atoms with Gasteiger partial charge in [-0.1, -0.05) is 38.7 Å². The van der Waals surface area contributed by atoms with Gasteiger partial charge in [0.25, 0.3) is 0 Å². The fraction of sp³-hybridized carbons (Fsp3) is 0.500. The summed E-state index contributed by atoms with van der Waals surface area (Å²) in [6.45, 7) is 6.41. The minimum absolute atomic E-state index is 0.0446. The molecule has 35 heavy (non-hydrogen) atoms. The number of aliphatic carboxylic acids is 1. The largest absolute Gasteiger partial charge is 0.480 e. The van der Waals surface area contributed by atoms with Gasteiger partial charge in [-0.2, -0.15) is 0 Å². The lowest BCUT2D eigenvalue weighted by Crippen LogP contribution is -2.44. The van der Waals surface area contributed by atoms with E-state index in [0.29, 0.717) is 0 Å². The number of carbonyl (C=O) groups excluding carboxylic acids is 1. The summed E-state index contributed by atoms with van der Waals surface area (Å²) in [5.41, 5.74) is 3.28. The van der Waals surface area contributed by atoms with E-state index in [1.807, 2.05) is 41.5 Å². The summed E-state index contributed by atoms with van der Waals surface area (Å²) >= 11 is 3.05. The van der Waals surface area contributed by atoms with Crippen molar-refractivity contribution in [2.24, 2.45) is 0 Å². The van der Waals surface area contributed by atoms with Crippen LogP contribution in [0.2, 0.25) is 0 Å². The number of hydrogen-bond donors (Lipinski definition) is 2. The highest BCUT2D eigenvalue weighted by atomic mass is 32.2. The summed E-state index contributed by atoms with van der Waals surface area (Å²) in [6.07, 6.45) is 9.43. The van der Waals surface area contributed by atoms with Gasteiger partial charge in [0.15, 0.2) is 0 Å². The Morgan fingerprint density at radius 2 is 1.66 bits per heavy atom. The SMILES string of the molecule is CCCCCCCN(C(=O)Nc1ccc(SC)cc1)C1Cc2ccc(SC(C)(C)C(=O)O)cc2C1. The molecule has 0 saturated carbocycles. The van der Waals surface area contributed by atoms with Gasteiger partial charge in [0.2, 0.25) is 0 Å². The number of amides is 2. The van der Waals surface area contributed by atoms with Gasteiger partial charge in [-0.25, -0.2) is 4.79 Å². The standard InChI is InChI=1S/C28H38N2O3S2/c1-5-6-7-8-9-16-30(27(33)29-22-11-14-24(34-4)15-12-22)23-17-20-10-13-25(19-21(20)18-23)35-28(2,3)26(31)32/h10-15,19,23H,5-9,16-18H2,1-4H3,(H,29,33)(H,31,32). The van der Waals surface area contributed by atoms with E-state index in [2.05, 4.69) is 24.4 Å². The molecule has 0 aliphatic heterocycles. The van der Waals surface area contributed by atoms with Crippen LogP contribution in [-0.4, -0.2) is 45.6 Å². The molecule has 0 heterocycles. The van der Waals surface area contributed by atoms with Crippen LogP contribution in [0.4, 0.5) is 10.5 Å². The van der Waals surface area contributed by atoms with Crippen molar-refractivity contribution < 1.29 is 14.7 Å². The molecular weight excluding hydrogens is 476 g/mol. The third-order valence-electron chi connectivity index (χ3n) is 6.52. The van der Waals surface area contributed by atoms with E-state index in [4.69, 9.17) is 0 Å². The summed E-state index contributed by atoms with van der Waals surface area (Å²) in [5.74, 6) is -0.822. The van der Waals surface area contributed by atoms with E-state index in [0.717, 1.165) is 42.8 Å². The van der Waals surface area contributed by atoms with Crippen molar-refractivity contribution in [1.29, 1.82) is 0 Å². The molecule has 2 amide bonds. The first-order valence-electron chi connectivity index (χ1n) is 12.5. The van der Waals surface area contributed by atoms with E-state index in [-0.39, 0.29) is 12.1 Å². The minimum atomic E-state index is -0.886. The molecular formula is C28H38N2O3S2. The fourth-order valence-corrected chi connectivity index (χ4v) is 5.82. The van der Waals surface area contributed by atoms with Crippen molar-refractivity contribution in [3.05, 3.63) is 53.6 Å². The van der Waals surface area contributed by atoms with Crippen molar-refractivity contribution >= 4 is 41.2 Å². The molecule has 1 atom stereocenters. The maximum Gasteiger partial charge on any atom is 0.322 e. The minimum Gasteiger partial charge on any atom is -0.480 e. The third-order valence-corrected chi connectivity index (χ3v) is 8.44. The molecule has 190 valence electrons. The van der Waals surface area contributed by atoms with Crippen molar-refractivity contribution in [3.63, 3.8) is 0 Å². The molecule has 0 aromatic heterocycles. The average Bonchev–Trinajstić information content (AvgIpc) is 3.24. The highest BCUT2D eigenvalue weighted by molar-refractivity contribution is 8.01. The van der Waals surface area contributed by atoms with Crippen LogP contribution in [0.5, 0.6) is 0 Å².